The summed E-state index contributed by atoms with van der Waals surface area (Å²) in [7, 11) is 0. The van der Waals surface area contributed by atoms with Crippen LogP contribution in [0.5, 0.6) is 0 Å². The van der Waals surface area contributed by atoms with Crippen LogP contribution >= 0.6 is 15.9 Å². The van der Waals surface area contributed by atoms with Gasteiger partial charge in [0, 0.05) is 29.0 Å². The number of carboxylic acid groups (broad SMARTS) is 1. The number of carboxylic acids is 1. The fourth-order valence-electron chi connectivity index (χ4n) is 4.02. The zero-order valence-corrected chi connectivity index (χ0v) is 14.1. The number of pyridine rings is 1. The van der Waals surface area contributed by atoms with E-state index in [4.69, 9.17) is 9.84 Å². The number of hydrogen-bond acceptors (Lipinski definition) is 4. The van der Waals surface area contributed by atoms with E-state index >= 15 is 0 Å². The lowest BCUT2D eigenvalue weighted by Crippen LogP contribution is -2.40. The van der Waals surface area contributed by atoms with Crippen molar-refractivity contribution in [2.24, 2.45) is 5.41 Å². The van der Waals surface area contributed by atoms with Gasteiger partial charge in [-0.15, -0.1) is 0 Å². The second-order valence-electron chi connectivity index (χ2n) is 6.49. The number of aliphatic carboxylic acids is 1. The summed E-state index contributed by atoms with van der Waals surface area (Å²) in [6.45, 7) is 1.80. The summed E-state index contributed by atoms with van der Waals surface area (Å²) >= 11 is 3.56. The minimum Gasteiger partial charge on any atom is -0.480 e. The van der Waals surface area contributed by atoms with Crippen molar-refractivity contribution in [3.63, 3.8) is 0 Å². The molecule has 1 saturated carbocycles. The van der Waals surface area contributed by atoms with E-state index in [2.05, 4.69) is 26.2 Å². The largest absolute Gasteiger partial charge is 0.480 e. The molecule has 1 aromatic heterocycles. The SMILES string of the molecule is O=C(O)COC1(c2ccncc2Br)CCC2(CCCNC2)C1. The van der Waals surface area contributed by atoms with Crippen LogP contribution in [-0.4, -0.2) is 35.8 Å². The van der Waals surface area contributed by atoms with Gasteiger partial charge in [0.15, 0.2) is 0 Å². The molecule has 2 atom stereocenters. The number of rotatable bonds is 4. The summed E-state index contributed by atoms with van der Waals surface area (Å²) < 4.78 is 6.85. The second-order valence-corrected chi connectivity index (χ2v) is 7.34. The van der Waals surface area contributed by atoms with Gasteiger partial charge in [0.05, 0.1) is 5.60 Å². The van der Waals surface area contributed by atoms with E-state index < -0.39 is 11.6 Å². The Kier molecular flexibility index (Phi) is 4.52. The number of ether oxygens (including phenoxy) is 1. The van der Waals surface area contributed by atoms with Gasteiger partial charge in [0.25, 0.3) is 0 Å². The Morgan fingerprint density at radius 2 is 2.32 bits per heavy atom. The quantitative estimate of drug-likeness (QED) is 0.854. The van der Waals surface area contributed by atoms with E-state index in [1.165, 1.54) is 12.8 Å². The third kappa shape index (κ3) is 3.05. The first-order chi connectivity index (χ1) is 10.6. The molecule has 0 bridgehead atoms. The first-order valence-electron chi connectivity index (χ1n) is 7.72. The number of halogens is 1. The van der Waals surface area contributed by atoms with Gasteiger partial charge >= 0.3 is 5.97 Å². The summed E-state index contributed by atoms with van der Waals surface area (Å²) in [6, 6.07) is 1.95. The Morgan fingerprint density at radius 1 is 1.45 bits per heavy atom. The van der Waals surface area contributed by atoms with Crippen LogP contribution in [0.2, 0.25) is 0 Å². The van der Waals surface area contributed by atoms with Gasteiger partial charge in [-0.25, -0.2) is 4.79 Å². The summed E-state index contributed by atoms with van der Waals surface area (Å²) in [5.41, 5.74) is 0.713. The third-order valence-corrected chi connectivity index (χ3v) is 5.65. The normalized spacial score (nSPS) is 31.5. The molecular weight excluding hydrogens is 348 g/mol. The Hall–Kier alpha value is -0.980. The van der Waals surface area contributed by atoms with Crippen LogP contribution in [0.1, 0.15) is 37.7 Å². The van der Waals surface area contributed by atoms with Gasteiger partial charge in [-0.05, 0) is 66.1 Å². The molecule has 2 fully saturated rings. The van der Waals surface area contributed by atoms with E-state index in [0.29, 0.717) is 0 Å². The number of carbonyl (C=O) groups is 1. The zero-order valence-electron chi connectivity index (χ0n) is 12.5. The molecule has 0 radical (unpaired) electrons. The molecule has 3 rings (SSSR count). The van der Waals surface area contributed by atoms with Gasteiger partial charge in [0.1, 0.15) is 6.61 Å². The van der Waals surface area contributed by atoms with E-state index in [9.17, 15) is 4.79 Å². The lowest BCUT2D eigenvalue weighted by molar-refractivity contribution is -0.151. The van der Waals surface area contributed by atoms with Crippen molar-refractivity contribution < 1.29 is 14.6 Å². The predicted molar refractivity (Wildman–Crippen MR) is 85.6 cm³/mol. The smallest absolute Gasteiger partial charge is 0.329 e. The molecule has 2 unspecified atom stereocenters. The van der Waals surface area contributed by atoms with Gasteiger partial charge in [-0.2, -0.15) is 0 Å². The van der Waals surface area contributed by atoms with Crippen molar-refractivity contribution in [3.8, 4) is 0 Å². The maximum atomic E-state index is 11.0. The van der Waals surface area contributed by atoms with Crippen LogP contribution in [0.25, 0.3) is 0 Å². The topological polar surface area (TPSA) is 71.5 Å². The predicted octanol–water partition coefficient (Wildman–Crippen LogP) is 2.69. The minimum atomic E-state index is -0.924. The van der Waals surface area contributed by atoms with E-state index in [-0.39, 0.29) is 12.0 Å². The molecule has 2 aliphatic rings. The van der Waals surface area contributed by atoms with Gasteiger partial charge in [0.2, 0.25) is 0 Å². The average Bonchev–Trinajstić information content (AvgIpc) is 2.86. The summed E-state index contributed by atoms with van der Waals surface area (Å²) in [5.74, 6) is -0.924. The van der Waals surface area contributed by atoms with Crippen LogP contribution in [0.15, 0.2) is 22.9 Å². The third-order valence-electron chi connectivity index (χ3n) is 5.02. The van der Waals surface area contributed by atoms with Crippen LogP contribution in [0.3, 0.4) is 0 Å². The van der Waals surface area contributed by atoms with Crippen molar-refractivity contribution in [1.29, 1.82) is 0 Å². The summed E-state index contributed by atoms with van der Waals surface area (Å²) in [6.07, 6.45) is 8.64. The molecule has 2 N–H and O–H groups in total. The van der Waals surface area contributed by atoms with Crippen LogP contribution in [0, 0.1) is 5.41 Å². The number of aromatic nitrogens is 1. The minimum absolute atomic E-state index is 0.222. The Morgan fingerprint density at radius 3 is 3.00 bits per heavy atom. The fourth-order valence-corrected chi connectivity index (χ4v) is 4.63. The van der Waals surface area contributed by atoms with Crippen molar-refractivity contribution >= 4 is 21.9 Å². The van der Waals surface area contributed by atoms with Gasteiger partial charge in [-0.3, -0.25) is 4.98 Å². The molecule has 2 heterocycles. The lowest BCUT2D eigenvalue weighted by Gasteiger charge is -2.37. The maximum absolute atomic E-state index is 11.0. The summed E-state index contributed by atoms with van der Waals surface area (Å²) in [5, 5.41) is 12.5. The molecule has 22 heavy (non-hydrogen) atoms. The molecule has 1 saturated heterocycles. The van der Waals surface area contributed by atoms with Crippen molar-refractivity contribution in [1.82, 2.24) is 10.3 Å². The monoisotopic (exact) mass is 368 g/mol. The highest BCUT2D eigenvalue weighted by molar-refractivity contribution is 9.10. The van der Waals surface area contributed by atoms with E-state index in [1.54, 1.807) is 12.4 Å². The fraction of sp³-hybridized carbons (Fsp3) is 0.625. The van der Waals surface area contributed by atoms with E-state index in [0.717, 1.165) is 42.4 Å². The van der Waals surface area contributed by atoms with E-state index in [1.807, 2.05) is 6.07 Å². The second kappa shape index (κ2) is 6.26. The molecule has 1 aromatic rings. The van der Waals surface area contributed by atoms with Crippen molar-refractivity contribution in [3.05, 3.63) is 28.5 Å². The number of nitrogens with one attached hydrogen (secondary N) is 1. The molecule has 1 aliphatic heterocycles. The van der Waals surface area contributed by atoms with Crippen molar-refractivity contribution in [2.75, 3.05) is 19.7 Å². The van der Waals surface area contributed by atoms with Crippen LogP contribution < -0.4 is 5.32 Å². The number of nitrogens with zero attached hydrogens (tertiary/aromatic N) is 1. The van der Waals surface area contributed by atoms with Crippen LogP contribution in [-0.2, 0) is 15.1 Å². The molecule has 1 spiro atoms. The Balaban J connectivity index is 1.91. The Labute approximate surface area is 138 Å². The van der Waals surface area contributed by atoms with Crippen molar-refractivity contribution in [2.45, 2.75) is 37.7 Å². The lowest BCUT2D eigenvalue weighted by atomic mass is 9.77. The van der Waals surface area contributed by atoms with Crippen LogP contribution in [0.4, 0.5) is 0 Å². The molecular formula is C16H21BrN2O3. The number of piperidine rings is 1. The highest BCUT2D eigenvalue weighted by atomic mass is 79.9. The maximum Gasteiger partial charge on any atom is 0.329 e. The van der Waals surface area contributed by atoms with Gasteiger partial charge in [-0.1, -0.05) is 0 Å². The Bertz CT molecular complexity index is 560. The molecule has 5 nitrogen and oxygen atoms in total. The molecule has 120 valence electrons. The highest BCUT2D eigenvalue weighted by Crippen LogP contribution is 2.55. The standard InChI is InChI=1S/C16H21BrN2O3/c17-13-8-18-7-2-12(13)16(22-9-14(20)21)5-4-15(10-16)3-1-6-19-11-15/h2,7-8,19H,1,3-6,9-11H2,(H,20,21). The first kappa shape index (κ1) is 15.9. The molecule has 1 aliphatic carbocycles. The molecule has 6 heteroatoms. The zero-order chi connectivity index (χ0) is 15.6. The van der Waals surface area contributed by atoms with Gasteiger partial charge < -0.3 is 15.2 Å². The molecule has 0 aromatic carbocycles. The molecule has 0 amide bonds. The number of hydrogen-bond donors (Lipinski definition) is 2. The highest BCUT2D eigenvalue weighted by Gasteiger charge is 2.51. The summed E-state index contributed by atoms with van der Waals surface area (Å²) in [4.78, 5) is 15.1. The first-order valence-corrected chi connectivity index (χ1v) is 8.51. The average molecular weight is 369 g/mol.